The molecule has 2 aliphatic rings. The minimum atomic E-state index is -0.600. The van der Waals surface area contributed by atoms with E-state index >= 15 is 0 Å². The molecular formula is C14H25NO4. The highest BCUT2D eigenvalue weighted by Crippen LogP contribution is 2.32. The van der Waals surface area contributed by atoms with Crippen molar-refractivity contribution in [2.45, 2.75) is 70.9 Å². The van der Waals surface area contributed by atoms with Gasteiger partial charge in [-0.2, -0.15) is 0 Å². The second-order valence-electron chi connectivity index (χ2n) is 6.79. The summed E-state index contributed by atoms with van der Waals surface area (Å²) in [5.41, 5.74) is -1.09. The van der Waals surface area contributed by atoms with Crippen LogP contribution in [0.15, 0.2) is 0 Å². The molecule has 2 saturated heterocycles. The smallest absolute Gasteiger partial charge is 0.412 e. The number of nitrogens with zero attached hydrogens (tertiary/aromatic N) is 1. The van der Waals surface area contributed by atoms with Gasteiger partial charge in [0.1, 0.15) is 11.3 Å². The zero-order chi connectivity index (χ0) is 14.3. The largest absolute Gasteiger partial charge is 0.444 e. The van der Waals surface area contributed by atoms with Gasteiger partial charge < -0.3 is 14.2 Å². The van der Waals surface area contributed by atoms with E-state index in [1.54, 1.807) is 4.90 Å². The molecule has 2 rings (SSSR count). The lowest BCUT2D eigenvalue weighted by molar-refractivity contribution is -0.0627. The first-order valence-electron chi connectivity index (χ1n) is 6.97. The van der Waals surface area contributed by atoms with Crippen LogP contribution in [0, 0.1) is 0 Å². The monoisotopic (exact) mass is 271 g/mol. The van der Waals surface area contributed by atoms with Gasteiger partial charge in [-0.1, -0.05) is 0 Å². The van der Waals surface area contributed by atoms with Crippen LogP contribution in [0.5, 0.6) is 0 Å². The molecule has 2 atom stereocenters. The quantitative estimate of drug-likeness (QED) is 0.740. The van der Waals surface area contributed by atoms with Crippen molar-refractivity contribution >= 4 is 6.09 Å². The van der Waals surface area contributed by atoms with Gasteiger partial charge in [0, 0.05) is 0 Å². The molecule has 1 amide bonds. The molecule has 5 nitrogen and oxygen atoms in total. The standard InChI is InChI=1S/C14H25NO4/c1-13(2,3)19-12(16)15-10(6-7-11-9-17-11)8-18-14(15,4)5/h10-11H,6-9H2,1-5H3/t10-,11-/m0/s1. The van der Waals surface area contributed by atoms with Crippen LogP contribution in [0.25, 0.3) is 0 Å². The maximum Gasteiger partial charge on any atom is 0.412 e. The van der Waals surface area contributed by atoms with Crippen LogP contribution >= 0.6 is 0 Å². The topological polar surface area (TPSA) is 51.3 Å². The first-order valence-corrected chi connectivity index (χ1v) is 6.97. The second-order valence-corrected chi connectivity index (χ2v) is 6.79. The molecular weight excluding hydrogens is 246 g/mol. The number of carbonyl (C=O) groups is 1. The number of ether oxygens (including phenoxy) is 3. The lowest BCUT2D eigenvalue weighted by Crippen LogP contribution is -2.49. The highest BCUT2D eigenvalue weighted by atomic mass is 16.6. The molecule has 0 bridgehead atoms. The Hall–Kier alpha value is -0.810. The van der Waals surface area contributed by atoms with Gasteiger partial charge in [-0.05, 0) is 47.5 Å². The van der Waals surface area contributed by atoms with E-state index in [4.69, 9.17) is 14.2 Å². The Morgan fingerprint density at radius 1 is 1.32 bits per heavy atom. The molecule has 0 aromatic heterocycles. The van der Waals surface area contributed by atoms with Gasteiger partial charge in [0.15, 0.2) is 0 Å². The fourth-order valence-electron chi connectivity index (χ4n) is 2.39. The molecule has 0 aromatic rings. The van der Waals surface area contributed by atoms with Gasteiger partial charge in [0.05, 0.1) is 25.4 Å². The molecule has 0 aliphatic carbocycles. The predicted molar refractivity (Wildman–Crippen MR) is 70.9 cm³/mol. The van der Waals surface area contributed by atoms with Gasteiger partial charge in [0.25, 0.3) is 0 Å². The molecule has 5 heteroatoms. The molecule has 0 unspecified atom stereocenters. The lowest BCUT2D eigenvalue weighted by atomic mass is 10.1. The van der Waals surface area contributed by atoms with Crippen molar-refractivity contribution in [1.29, 1.82) is 0 Å². The Morgan fingerprint density at radius 2 is 1.95 bits per heavy atom. The van der Waals surface area contributed by atoms with E-state index in [1.807, 2.05) is 34.6 Å². The van der Waals surface area contributed by atoms with Gasteiger partial charge in [-0.3, -0.25) is 4.90 Å². The Labute approximate surface area is 115 Å². The second kappa shape index (κ2) is 4.94. The molecule has 19 heavy (non-hydrogen) atoms. The maximum atomic E-state index is 12.3. The summed E-state index contributed by atoms with van der Waals surface area (Å²) < 4.78 is 16.4. The van der Waals surface area contributed by atoms with Crippen LogP contribution in [0.2, 0.25) is 0 Å². The summed E-state index contributed by atoms with van der Waals surface area (Å²) >= 11 is 0. The highest BCUT2D eigenvalue weighted by Gasteiger charge is 2.45. The van der Waals surface area contributed by atoms with Crippen molar-refractivity contribution in [2.75, 3.05) is 13.2 Å². The summed E-state index contributed by atoms with van der Waals surface area (Å²) in [6, 6.07) is 0.0778. The van der Waals surface area contributed by atoms with Crippen LogP contribution < -0.4 is 0 Å². The van der Waals surface area contributed by atoms with Crippen molar-refractivity contribution in [3.05, 3.63) is 0 Å². The summed E-state index contributed by atoms with van der Waals surface area (Å²) in [6.07, 6.45) is 1.96. The predicted octanol–water partition coefficient (Wildman–Crippen LogP) is 2.54. The molecule has 0 aromatic carbocycles. The molecule has 2 fully saturated rings. The third-order valence-corrected chi connectivity index (χ3v) is 3.39. The van der Waals surface area contributed by atoms with E-state index in [9.17, 15) is 4.79 Å². The number of epoxide rings is 1. The van der Waals surface area contributed by atoms with E-state index in [-0.39, 0.29) is 12.1 Å². The summed E-state index contributed by atoms with van der Waals surface area (Å²) in [6.45, 7) is 10.9. The lowest BCUT2D eigenvalue weighted by Gasteiger charge is -2.35. The number of carbonyl (C=O) groups excluding carboxylic acids is 1. The fourth-order valence-corrected chi connectivity index (χ4v) is 2.39. The van der Waals surface area contributed by atoms with Gasteiger partial charge >= 0.3 is 6.09 Å². The zero-order valence-electron chi connectivity index (χ0n) is 12.6. The minimum Gasteiger partial charge on any atom is -0.444 e. The van der Waals surface area contributed by atoms with E-state index < -0.39 is 11.3 Å². The average Bonchev–Trinajstić information content (AvgIpc) is 2.98. The van der Waals surface area contributed by atoms with E-state index in [0.29, 0.717) is 12.7 Å². The van der Waals surface area contributed by atoms with E-state index in [1.165, 1.54) is 0 Å². The molecule has 0 spiro atoms. The van der Waals surface area contributed by atoms with Gasteiger partial charge in [-0.15, -0.1) is 0 Å². The highest BCUT2D eigenvalue weighted by molar-refractivity contribution is 5.69. The van der Waals surface area contributed by atoms with E-state index in [2.05, 4.69) is 0 Å². The van der Waals surface area contributed by atoms with Crippen molar-refractivity contribution in [3.63, 3.8) is 0 Å². The average molecular weight is 271 g/mol. The van der Waals surface area contributed by atoms with Crippen LogP contribution in [-0.2, 0) is 14.2 Å². The number of hydrogen-bond donors (Lipinski definition) is 0. The van der Waals surface area contributed by atoms with Crippen molar-refractivity contribution in [1.82, 2.24) is 4.90 Å². The third-order valence-electron chi connectivity index (χ3n) is 3.39. The third kappa shape index (κ3) is 3.83. The zero-order valence-corrected chi connectivity index (χ0v) is 12.6. The number of amides is 1. The summed E-state index contributed by atoms with van der Waals surface area (Å²) in [4.78, 5) is 14.1. The summed E-state index contributed by atoms with van der Waals surface area (Å²) in [7, 11) is 0. The van der Waals surface area contributed by atoms with Crippen molar-refractivity contribution in [3.8, 4) is 0 Å². The molecule has 0 radical (unpaired) electrons. The van der Waals surface area contributed by atoms with Crippen LogP contribution in [-0.4, -0.2) is 47.7 Å². The van der Waals surface area contributed by atoms with Crippen LogP contribution in [0.3, 0.4) is 0 Å². The molecule has 110 valence electrons. The normalized spacial score (nSPS) is 29.4. The Balaban J connectivity index is 2.00. The van der Waals surface area contributed by atoms with Crippen LogP contribution in [0.1, 0.15) is 47.5 Å². The molecule has 2 heterocycles. The summed E-state index contributed by atoms with van der Waals surface area (Å²) in [5.74, 6) is 0. The molecule has 0 N–H and O–H groups in total. The first kappa shape index (κ1) is 14.6. The SMILES string of the molecule is CC(C)(C)OC(=O)N1[C@@H](CC[C@H]2CO2)COC1(C)C. The summed E-state index contributed by atoms with van der Waals surface area (Å²) in [5, 5.41) is 0. The Morgan fingerprint density at radius 3 is 2.47 bits per heavy atom. The maximum absolute atomic E-state index is 12.3. The first-order chi connectivity index (χ1) is 8.69. The van der Waals surface area contributed by atoms with Crippen molar-refractivity contribution in [2.24, 2.45) is 0 Å². The molecule has 0 saturated carbocycles. The number of rotatable bonds is 3. The van der Waals surface area contributed by atoms with E-state index in [0.717, 1.165) is 19.4 Å². The van der Waals surface area contributed by atoms with Crippen LogP contribution in [0.4, 0.5) is 4.79 Å². The Kier molecular flexibility index (Phi) is 3.80. The fraction of sp³-hybridized carbons (Fsp3) is 0.929. The molecule has 2 aliphatic heterocycles. The number of hydrogen-bond acceptors (Lipinski definition) is 4. The van der Waals surface area contributed by atoms with Gasteiger partial charge in [0.2, 0.25) is 0 Å². The Bertz CT molecular complexity index is 344. The van der Waals surface area contributed by atoms with Gasteiger partial charge in [-0.25, -0.2) is 4.79 Å². The minimum absolute atomic E-state index is 0.0778. The van der Waals surface area contributed by atoms with Crippen molar-refractivity contribution < 1.29 is 19.0 Å².